The molecule has 3 rings (SSSR count). The number of carbonyl (C=O) groups excluding carboxylic acids is 3. The van der Waals surface area contributed by atoms with E-state index in [1.807, 2.05) is 0 Å². The molecule has 1 fully saturated rings. The van der Waals surface area contributed by atoms with Gasteiger partial charge in [0.1, 0.15) is 6.04 Å². The fourth-order valence-corrected chi connectivity index (χ4v) is 4.31. The van der Waals surface area contributed by atoms with Crippen LogP contribution in [0.25, 0.3) is 0 Å². The van der Waals surface area contributed by atoms with Gasteiger partial charge in [0.15, 0.2) is 0 Å². The topological polar surface area (TPSA) is 66.5 Å². The van der Waals surface area contributed by atoms with Gasteiger partial charge in [-0.1, -0.05) is 69.9 Å². The summed E-state index contributed by atoms with van der Waals surface area (Å²) in [6.07, 6.45) is 13.1. The zero-order valence-electron chi connectivity index (χ0n) is 16.9. The van der Waals surface area contributed by atoms with Crippen LogP contribution in [0.3, 0.4) is 0 Å². The minimum Gasteiger partial charge on any atom is -0.352 e. The molecule has 5 nitrogen and oxygen atoms in total. The summed E-state index contributed by atoms with van der Waals surface area (Å²) in [6, 6.07) is 6.10. The van der Waals surface area contributed by atoms with Crippen molar-refractivity contribution >= 4 is 17.7 Å². The SMILES string of the molecule is C[C@H](C(=O)NC1CCCCCCCCCCC1)N1C(=O)c2ccccc2C1=O. The highest BCUT2D eigenvalue weighted by Crippen LogP contribution is 2.25. The van der Waals surface area contributed by atoms with E-state index in [1.54, 1.807) is 31.2 Å². The molecule has 1 N–H and O–H groups in total. The Morgan fingerprint density at radius 1 is 0.857 bits per heavy atom. The van der Waals surface area contributed by atoms with Gasteiger partial charge in [0.05, 0.1) is 11.1 Å². The van der Waals surface area contributed by atoms with Crippen molar-refractivity contribution in [2.45, 2.75) is 89.6 Å². The summed E-state index contributed by atoms with van der Waals surface area (Å²) in [6.45, 7) is 1.65. The molecule has 0 unspecified atom stereocenters. The van der Waals surface area contributed by atoms with E-state index >= 15 is 0 Å². The van der Waals surface area contributed by atoms with Crippen molar-refractivity contribution in [2.75, 3.05) is 0 Å². The van der Waals surface area contributed by atoms with Crippen LogP contribution in [-0.4, -0.2) is 34.7 Å². The highest BCUT2D eigenvalue weighted by Gasteiger charge is 2.40. The van der Waals surface area contributed by atoms with Crippen LogP contribution in [0.5, 0.6) is 0 Å². The number of amides is 3. The fourth-order valence-electron chi connectivity index (χ4n) is 4.31. The second-order valence-corrected chi connectivity index (χ2v) is 8.17. The van der Waals surface area contributed by atoms with Crippen molar-refractivity contribution in [3.05, 3.63) is 35.4 Å². The summed E-state index contributed by atoms with van der Waals surface area (Å²) in [5.74, 6) is -0.976. The molecule has 1 atom stereocenters. The molecule has 3 amide bonds. The van der Waals surface area contributed by atoms with Gasteiger partial charge in [-0.05, 0) is 31.9 Å². The molecule has 0 aromatic heterocycles. The number of imide groups is 1. The smallest absolute Gasteiger partial charge is 0.262 e. The number of hydrogen-bond acceptors (Lipinski definition) is 3. The minimum absolute atomic E-state index is 0.129. The first-order valence-electron chi connectivity index (χ1n) is 10.9. The third-order valence-electron chi connectivity index (χ3n) is 6.04. The lowest BCUT2D eigenvalue weighted by Crippen LogP contribution is -2.50. The van der Waals surface area contributed by atoms with Gasteiger partial charge in [-0.15, -0.1) is 0 Å². The van der Waals surface area contributed by atoms with Gasteiger partial charge >= 0.3 is 0 Å². The number of rotatable bonds is 3. The van der Waals surface area contributed by atoms with Crippen molar-refractivity contribution in [3.8, 4) is 0 Å². The first-order valence-corrected chi connectivity index (χ1v) is 10.9. The largest absolute Gasteiger partial charge is 0.352 e. The molecule has 2 aliphatic rings. The van der Waals surface area contributed by atoms with E-state index in [2.05, 4.69) is 5.32 Å². The molecule has 1 aliphatic heterocycles. The molecule has 1 aromatic carbocycles. The van der Waals surface area contributed by atoms with Crippen molar-refractivity contribution in [3.63, 3.8) is 0 Å². The molecule has 5 heteroatoms. The summed E-state index contributed by atoms with van der Waals surface area (Å²) in [7, 11) is 0. The Morgan fingerprint density at radius 3 is 1.75 bits per heavy atom. The van der Waals surface area contributed by atoms with Crippen LogP contribution >= 0.6 is 0 Å². The van der Waals surface area contributed by atoms with E-state index in [1.165, 1.54) is 44.9 Å². The van der Waals surface area contributed by atoms with Gasteiger partial charge < -0.3 is 5.32 Å². The molecule has 152 valence electrons. The molecule has 0 spiro atoms. The van der Waals surface area contributed by atoms with E-state index in [9.17, 15) is 14.4 Å². The van der Waals surface area contributed by atoms with Crippen molar-refractivity contribution in [1.82, 2.24) is 10.2 Å². The van der Waals surface area contributed by atoms with Gasteiger partial charge in [0, 0.05) is 6.04 Å². The predicted octanol–water partition coefficient (Wildman–Crippen LogP) is 4.46. The number of benzene rings is 1. The first-order chi connectivity index (χ1) is 13.6. The second kappa shape index (κ2) is 9.85. The van der Waals surface area contributed by atoms with Crippen molar-refractivity contribution in [1.29, 1.82) is 0 Å². The van der Waals surface area contributed by atoms with Crippen LogP contribution in [-0.2, 0) is 4.79 Å². The molecule has 1 saturated carbocycles. The highest BCUT2D eigenvalue weighted by molar-refractivity contribution is 6.22. The Kier molecular flexibility index (Phi) is 7.24. The standard InChI is InChI=1S/C23H32N2O3/c1-17(25-22(27)19-15-11-12-16-20(19)23(25)28)21(26)24-18-13-9-7-5-3-2-4-6-8-10-14-18/h11-12,15-18H,2-10,13-14H2,1H3,(H,24,26)/t17-/m1/s1. The van der Waals surface area contributed by atoms with Crippen LogP contribution in [0, 0.1) is 0 Å². The number of nitrogens with one attached hydrogen (secondary N) is 1. The van der Waals surface area contributed by atoms with E-state index < -0.39 is 6.04 Å². The molecule has 0 bridgehead atoms. The average Bonchev–Trinajstić information content (AvgIpc) is 2.94. The fraction of sp³-hybridized carbons (Fsp3) is 0.609. The average molecular weight is 385 g/mol. The maximum atomic E-state index is 12.9. The number of carbonyl (C=O) groups is 3. The molecular formula is C23H32N2O3. The second-order valence-electron chi connectivity index (χ2n) is 8.17. The molecule has 1 aromatic rings. The van der Waals surface area contributed by atoms with Crippen molar-refractivity contribution in [2.24, 2.45) is 0 Å². The zero-order chi connectivity index (χ0) is 19.9. The van der Waals surface area contributed by atoms with E-state index in [4.69, 9.17) is 0 Å². The van der Waals surface area contributed by atoms with Crippen LogP contribution in [0.1, 0.15) is 98.3 Å². The summed E-state index contributed by atoms with van der Waals surface area (Å²) in [4.78, 5) is 39.2. The molecule has 1 heterocycles. The lowest BCUT2D eigenvalue weighted by Gasteiger charge is -2.25. The Labute approximate surface area is 167 Å². The Morgan fingerprint density at radius 2 is 1.29 bits per heavy atom. The number of hydrogen-bond donors (Lipinski definition) is 1. The van der Waals surface area contributed by atoms with Gasteiger partial charge in [-0.2, -0.15) is 0 Å². The maximum Gasteiger partial charge on any atom is 0.262 e. The van der Waals surface area contributed by atoms with Crippen LogP contribution in [0.15, 0.2) is 24.3 Å². The predicted molar refractivity (Wildman–Crippen MR) is 109 cm³/mol. The zero-order valence-corrected chi connectivity index (χ0v) is 16.9. The van der Waals surface area contributed by atoms with Gasteiger partial charge in [-0.3, -0.25) is 19.3 Å². The van der Waals surface area contributed by atoms with Gasteiger partial charge in [0.25, 0.3) is 11.8 Å². The quantitative estimate of drug-likeness (QED) is 0.783. The molecular weight excluding hydrogens is 352 g/mol. The Balaban J connectivity index is 1.61. The van der Waals surface area contributed by atoms with Gasteiger partial charge in [-0.25, -0.2) is 0 Å². The molecule has 28 heavy (non-hydrogen) atoms. The van der Waals surface area contributed by atoms with Crippen molar-refractivity contribution < 1.29 is 14.4 Å². The summed E-state index contributed by atoms with van der Waals surface area (Å²) < 4.78 is 0. The third-order valence-corrected chi connectivity index (χ3v) is 6.04. The summed E-state index contributed by atoms with van der Waals surface area (Å²) in [5, 5.41) is 3.13. The number of fused-ring (bicyclic) bond motifs is 1. The van der Waals surface area contributed by atoms with E-state index in [-0.39, 0.29) is 23.8 Å². The monoisotopic (exact) mass is 384 g/mol. The minimum atomic E-state index is -0.797. The normalized spacial score (nSPS) is 20.8. The van der Waals surface area contributed by atoms with Crippen LogP contribution in [0.2, 0.25) is 0 Å². The first kappa shape index (κ1) is 20.6. The van der Waals surface area contributed by atoms with Crippen LogP contribution in [0.4, 0.5) is 0 Å². The number of nitrogens with zero attached hydrogens (tertiary/aromatic N) is 1. The molecule has 0 saturated heterocycles. The summed E-state index contributed by atoms with van der Waals surface area (Å²) >= 11 is 0. The highest BCUT2D eigenvalue weighted by atomic mass is 16.2. The Hall–Kier alpha value is -2.17. The lowest BCUT2D eigenvalue weighted by molar-refractivity contribution is -0.125. The van der Waals surface area contributed by atoms with E-state index in [0.29, 0.717) is 11.1 Å². The third kappa shape index (κ3) is 4.81. The van der Waals surface area contributed by atoms with Crippen LogP contribution < -0.4 is 5.32 Å². The van der Waals surface area contributed by atoms with E-state index in [0.717, 1.165) is 30.6 Å². The van der Waals surface area contributed by atoms with Gasteiger partial charge in [0.2, 0.25) is 5.91 Å². The molecule has 0 radical (unpaired) electrons. The lowest BCUT2D eigenvalue weighted by atomic mass is 9.97. The summed E-state index contributed by atoms with van der Waals surface area (Å²) in [5.41, 5.74) is 0.774. The Bertz CT molecular complexity index is 669. The maximum absolute atomic E-state index is 12.9. The molecule has 1 aliphatic carbocycles.